The van der Waals surface area contributed by atoms with Crippen LogP contribution in [0.15, 0.2) is 24.3 Å². The summed E-state index contributed by atoms with van der Waals surface area (Å²) in [5.41, 5.74) is 3.81. The highest BCUT2D eigenvalue weighted by molar-refractivity contribution is 5.85. The predicted octanol–water partition coefficient (Wildman–Crippen LogP) is 3.24. The van der Waals surface area contributed by atoms with E-state index in [1.165, 1.54) is 22.2 Å². The van der Waals surface area contributed by atoms with Gasteiger partial charge in [-0.15, -0.1) is 0 Å². The Bertz CT molecular complexity index is 614. The number of aryl methyl sites for hydroxylation is 1. The maximum absolute atomic E-state index is 10.8. The highest BCUT2D eigenvalue weighted by atomic mass is 16.4. The van der Waals surface area contributed by atoms with Gasteiger partial charge in [-0.05, 0) is 30.9 Å². The van der Waals surface area contributed by atoms with Crippen molar-refractivity contribution in [3.63, 3.8) is 0 Å². The van der Waals surface area contributed by atoms with Crippen molar-refractivity contribution in [3.8, 4) is 0 Å². The predicted molar refractivity (Wildman–Crippen MR) is 70.8 cm³/mol. The minimum absolute atomic E-state index is 0.00720. The second-order valence-corrected chi connectivity index (χ2v) is 5.48. The number of H-pyrrole nitrogens is 1. The van der Waals surface area contributed by atoms with Gasteiger partial charge in [-0.2, -0.15) is 0 Å². The quantitative estimate of drug-likeness (QED) is 0.869. The molecule has 1 aromatic carbocycles. The summed E-state index contributed by atoms with van der Waals surface area (Å²) in [5.74, 6) is -0.708. The van der Waals surface area contributed by atoms with E-state index in [9.17, 15) is 4.79 Å². The maximum atomic E-state index is 10.8. The number of aromatic amines is 1. The molecule has 0 unspecified atom stereocenters. The van der Waals surface area contributed by atoms with E-state index < -0.39 is 5.97 Å². The van der Waals surface area contributed by atoms with E-state index in [-0.39, 0.29) is 11.8 Å². The van der Waals surface area contributed by atoms with Crippen molar-refractivity contribution < 1.29 is 9.90 Å². The first-order valence-electron chi connectivity index (χ1n) is 6.42. The number of aliphatic carboxylic acids is 1. The number of para-hydroxylation sites is 1. The Morgan fingerprint density at radius 3 is 3.00 bits per heavy atom. The molecule has 1 heterocycles. The van der Waals surface area contributed by atoms with Gasteiger partial charge >= 0.3 is 5.97 Å². The zero-order chi connectivity index (χ0) is 12.8. The van der Waals surface area contributed by atoms with Crippen molar-refractivity contribution in [2.45, 2.75) is 38.0 Å². The minimum atomic E-state index is -0.708. The molecule has 3 nitrogen and oxygen atoms in total. The summed E-state index contributed by atoms with van der Waals surface area (Å²) in [5, 5.41) is 10.2. The second kappa shape index (κ2) is 3.87. The van der Waals surface area contributed by atoms with Crippen LogP contribution in [0.2, 0.25) is 0 Å². The lowest BCUT2D eigenvalue weighted by Crippen LogP contribution is -2.20. The Kier molecular flexibility index (Phi) is 2.44. The third-order valence-corrected chi connectivity index (χ3v) is 4.23. The van der Waals surface area contributed by atoms with Crippen LogP contribution in [0, 0.1) is 0 Å². The molecule has 94 valence electrons. The van der Waals surface area contributed by atoms with Crippen LogP contribution in [0.4, 0.5) is 0 Å². The molecule has 0 amide bonds. The van der Waals surface area contributed by atoms with Gasteiger partial charge in [0.05, 0.1) is 0 Å². The van der Waals surface area contributed by atoms with Crippen LogP contribution in [-0.2, 0) is 16.6 Å². The number of carbonyl (C=O) groups is 1. The number of fused-ring (bicyclic) bond motifs is 3. The number of rotatable bonds is 3. The molecule has 1 aliphatic rings. The van der Waals surface area contributed by atoms with E-state index >= 15 is 0 Å². The standard InChI is InChI=1S/C15H17NO2/c1-15(9-7-13(17)18)8-6-11-10-4-2-3-5-12(10)16-14(11)15/h2-5,16H,6-9H2,1H3,(H,17,18)/t15-/m0/s1. The van der Waals surface area contributed by atoms with E-state index in [4.69, 9.17) is 5.11 Å². The van der Waals surface area contributed by atoms with E-state index in [1.807, 2.05) is 6.07 Å². The number of carboxylic acid groups (broad SMARTS) is 1. The Hall–Kier alpha value is -1.77. The number of carboxylic acids is 1. The van der Waals surface area contributed by atoms with Gasteiger partial charge in [-0.3, -0.25) is 4.79 Å². The molecule has 0 fully saturated rings. The maximum Gasteiger partial charge on any atom is 0.303 e. The number of hydrogen-bond donors (Lipinski definition) is 2. The van der Waals surface area contributed by atoms with E-state index in [0.29, 0.717) is 6.42 Å². The topological polar surface area (TPSA) is 53.1 Å². The van der Waals surface area contributed by atoms with E-state index in [2.05, 4.69) is 30.1 Å². The van der Waals surface area contributed by atoms with Crippen LogP contribution < -0.4 is 0 Å². The highest BCUT2D eigenvalue weighted by Gasteiger charge is 2.37. The lowest BCUT2D eigenvalue weighted by Gasteiger charge is -2.23. The largest absolute Gasteiger partial charge is 0.481 e. The fourth-order valence-electron chi connectivity index (χ4n) is 3.13. The molecule has 0 spiro atoms. The Morgan fingerprint density at radius 1 is 1.44 bits per heavy atom. The normalized spacial score (nSPS) is 22.3. The first-order chi connectivity index (χ1) is 8.60. The summed E-state index contributed by atoms with van der Waals surface area (Å²) in [6.45, 7) is 2.18. The van der Waals surface area contributed by atoms with Crippen LogP contribution in [0.3, 0.4) is 0 Å². The van der Waals surface area contributed by atoms with Gasteiger partial charge in [0.25, 0.3) is 0 Å². The van der Waals surface area contributed by atoms with Crippen molar-refractivity contribution >= 4 is 16.9 Å². The van der Waals surface area contributed by atoms with Crippen molar-refractivity contribution in [3.05, 3.63) is 35.5 Å². The number of benzene rings is 1. The van der Waals surface area contributed by atoms with Crippen molar-refractivity contribution in [1.29, 1.82) is 0 Å². The Morgan fingerprint density at radius 2 is 2.22 bits per heavy atom. The van der Waals surface area contributed by atoms with Gasteiger partial charge in [0.2, 0.25) is 0 Å². The molecule has 3 heteroatoms. The molecule has 0 aliphatic heterocycles. The van der Waals surface area contributed by atoms with Gasteiger partial charge < -0.3 is 10.1 Å². The fourth-order valence-corrected chi connectivity index (χ4v) is 3.13. The lowest BCUT2D eigenvalue weighted by atomic mass is 9.83. The van der Waals surface area contributed by atoms with Gasteiger partial charge in [-0.25, -0.2) is 0 Å². The smallest absolute Gasteiger partial charge is 0.303 e. The molecule has 1 atom stereocenters. The molecule has 1 aliphatic carbocycles. The van der Waals surface area contributed by atoms with E-state index in [0.717, 1.165) is 12.8 Å². The average Bonchev–Trinajstić information content (AvgIpc) is 2.87. The minimum Gasteiger partial charge on any atom is -0.481 e. The molecule has 0 saturated carbocycles. The molecule has 0 bridgehead atoms. The van der Waals surface area contributed by atoms with Gasteiger partial charge in [-0.1, -0.05) is 25.1 Å². The number of hydrogen-bond acceptors (Lipinski definition) is 1. The molecular formula is C15H17NO2. The van der Waals surface area contributed by atoms with Gasteiger partial charge in [0, 0.05) is 28.4 Å². The van der Waals surface area contributed by atoms with Crippen LogP contribution in [0.5, 0.6) is 0 Å². The van der Waals surface area contributed by atoms with Gasteiger partial charge in [0.1, 0.15) is 0 Å². The Balaban J connectivity index is 2.02. The van der Waals surface area contributed by atoms with Crippen LogP contribution >= 0.6 is 0 Å². The number of nitrogens with one attached hydrogen (secondary N) is 1. The van der Waals surface area contributed by atoms with Crippen LogP contribution in [-0.4, -0.2) is 16.1 Å². The molecule has 2 N–H and O–H groups in total. The van der Waals surface area contributed by atoms with Crippen molar-refractivity contribution in [2.75, 3.05) is 0 Å². The van der Waals surface area contributed by atoms with E-state index in [1.54, 1.807) is 0 Å². The second-order valence-electron chi connectivity index (χ2n) is 5.48. The lowest BCUT2D eigenvalue weighted by molar-refractivity contribution is -0.137. The third-order valence-electron chi connectivity index (χ3n) is 4.23. The summed E-state index contributed by atoms with van der Waals surface area (Å²) < 4.78 is 0. The van der Waals surface area contributed by atoms with Crippen molar-refractivity contribution in [2.24, 2.45) is 0 Å². The van der Waals surface area contributed by atoms with Crippen LogP contribution in [0.25, 0.3) is 10.9 Å². The summed E-state index contributed by atoms with van der Waals surface area (Å²) in [6, 6.07) is 8.32. The van der Waals surface area contributed by atoms with Gasteiger partial charge in [0.15, 0.2) is 0 Å². The first kappa shape index (κ1) is 11.3. The molecule has 1 aromatic heterocycles. The summed E-state index contributed by atoms with van der Waals surface area (Å²) >= 11 is 0. The molecular weight excluding hydrogens is 226 g/mol. The zero-order valence-electron chi connectivity index (χ0n) is 10.5. The fraction of sp³-hybridized carbons (Fsp3) is 0.400. The molecule has 18 heavy (non-hydrogen) atoms. The molecule has 3 rings (SSSR count). The average molecular weight is 243 g/mol. The highest BCUT2D eigenvalue weighted by Crippen LogP contribution is 2.44. The van der Waals surface area contributed by atoms with Crippen molar-refractivity contribution in [1.82, 2.24) is 4.98 Å². The summed E-state index contributed by atoms with van der Waals surface area (Å²) in [7, 11) is 0. The molecule has 0 saturated heterocycles. The summed E-state index contributed by atoms with van der Waals surface area (Å²) in [6.07, 6.45) is 3.05. The monoisotopic (exact) mass is 243 g/mol. The number of aromatic nitrogens is 1. The Labute approximate surface area is 106 Å². The summed E-state index contributed by atoms with van der Waals surface area (Å²) in [4.78, 5) is 14.3. The molecule has 0 radical (unpaired) electrons. The third kappa shape index (κ3) is 1.62. The first-order valence-corrected chi connectivity index (χ1v) is 6.42. The molecule has 2 aromatic rings. The SMILES string of the molecule is C[C@@]1(CCC(=O)O)CCc2c1[nH]c1ccccc21. The zero-order valence-corrected chi connectivity index (χ0v) is 10.5. The van der Waals surface area contributed by atoms with Crippen LogP contribution in [0.1, 0.15) is 37.4 Å².